The highest BCUT2D eigenvalue weighted by molar-refractivity contribution is 9.09. The van der Waals surface area contributed by atoms with E-state index in [1.807, 2.05) is 20.8 Å². The van der Waals surface area contributed by atoms with Crippen LogP contribution in [0.3, 0.4) is 0 Å². The summed E-state index contributed by atoms with van der Waals surface area (Å²) in [6, 6.07) is 0.513. The molecule has 3 heteroatoms. The summed E-state index contributed by atoms with van der Waals surface area (Å²) >= 11 is 3.41. The van der Waals surface area contributed by atoms with Gasteiger partial charge < -0.3 is 4.90 Å². The summed E-state index contributed by atoms with van der Waals surface area (Å²) in [4.78, 5) is 14.1. The second-order valence-electron chi connectivity index (χ2n) is 5.02. The van der Waals surface area contributed by atoms with E-state index < -0.39 is 0 Å². The number of rotatable bonds is 3. The summed E-state index contributed by atoms with van der Waals surface area (Å²) in [5.74, 6) is 0.293. The van der Waals surface area contributed by atoms with Gasteiger partial charge in [-0.25, -0.2) is 0 Å². The van der Waals surface area contributed by atoms with Gasteiger partial charge in [0.1, 0.15) is 0 Å². The number of nitrogens with zero attached hydrogens (tertiary/aromatic N) is 1. The molecule has 0 aromatic rings. The van der Waals surface area contributed by atoms with Crippen molar-refractivity contribution in [3.63, 3.8) is 0 Å². The SMILES string of the molecule is CC(C)(C)C(=O)N(CCBr)C1CCC1. The fraction of sp³-hybridized carbons (Fsp3) is 0.909. The summed E-state index contributed by atoms with van der Waals surface area (Å²) < 4.78 is 0. The van der Waals surface area contributed by atoms with Crippen LogP contribution in [0.5, 0.6) is 0 Å². The molecule has 0 atom stereocenters. The van der Waals surface area contributed by atoms with Gasteiger partial charge in [0, 0.05) is 23.3 Å². The summed E-state index contributed by atoms with van der Waals surface area (Å²) in [5, 5.41) is 0.880. The molecule has 0 heterocycles. The number of carbonyl (C=O) groups excluding carboxylic acids is 1. The average molecular weight is 262 g/mol. The van der Waals surface area contributed by atoms with Gasteiger partial charge in [0.2, 0.25) is 5.91 Å². The van der Waals surface area contributed by atoms with E-state index in [0.717, 1.165) is 11.9 Å². The molecule has 0 unspecified atom stereocenters. The Hall–Kier alpha value is -0.0500. The molecule has 0 saturated heterocycles. The van der Waals surface area contributed by atoms with Crippen LogP contribution in [0.4, 0.5) is 0 Å². The standard InChI is InChI=1S/C11H20BrNO/c1-11(2,3)10(14)13(8-7-12)9-5-4-6-9/h9H,4-8H2,1-3H3. The summed E-state index contributed by atoms with van der Waals surface area (Å²) in [6.45, 7) is 6.83. The highest BCUT2D eigenvalue weighted by atomic mass is 79.9. The molecule has 0 aromatic carbocycles. The van der Waals surface area contributed by atoms with Crippen LogP contribution in [0.15, 0.2) is 0 Å². The lowest BCUT2D eigenvalue weighted by Gasteiger charge is -2.40. The third kappa shape index (κ3) is 2.72. The first-order valence-electron chi connectivity index (χ1n) is 5.34. The molecule has 0 spiro atoms. The van der Waals surface area contributed by atoms with Gasteiger partial charge in [0.25, 0.3) is 0 Å². The van der Waals surface area contributed by atoms with Crippen LogP contribution >= 0.6 is 15.9 Å². The van der Waals surface area contributed by atoms with E-state index in [-0.39, 0.29) is 5.41 Å². The smallest absolute Gasteiger partial charge is 0.228 e. The molecule has 0 aliphatic heterocycles. The van der Waals surface area contributed by atoms with Crippen LogP contribution in [0.2, 0.25) is 0 Å². The van der Waals surface area contributed by atoms with E-state index in [9.17, 15) is 4.79 Å². The maximum absolute atomic E-state index is 12.1. The first-order valence-corrected chi connectivity index (χ1v) is 6.46. The van der Waals surface area contributed by atoms with Crippen molar-refractivity contribution in [1.29, 1.82) is 0 Å². The van der Waals surface area contributed by atoms with Crippen LogP contribution in [0.25, 0.3) is 0 Å². The Kier molecular flexibility index (Phi) is 3.99. The van der Waals surface area contributed by atoms with Crippen LogP contribution < -0.4 is 0 Å². The molecule has 1 rings (SSSR count). The number of carbonyl (C=O) groups is 1. The van der Waals surface area contributed by atoms with Gasteiger partial charge in [-0.2, -0.15) is 0 Å². The molecule has 1 fully saturated rings. The van der Waals surface area contributed by atoms with E-state index in [0.29, 0.717) is 11.9 Å². The minimum atomic E-state index is -0.238. The maximum atomic E-state index is 12.1. The van der Waals surface area contributed by atoms with Crippen molar-refractivity contribution in [2.24, 2.45) is 5.41 Å². The van der Waals surface area contributed by atoms with Crippen molar-refractivity contribution in [2.45, 2.75) is 46.1 Å². The van der Waals surface area contributed by atoms with Crippen LogP contribution in [0, 0.1) is 5.41 Å². The van der Waals surface area contributed by atoms with E-state index in [1.54, 1.807) is 0 Å². The van der Waals surface area contributed by atoms with Crippen molar-refractivity contribution in [3.05, 3.63) is 0 Å². The van der Waals surface area contributed by atoms with Gasteiger partial charge in [-0.3, -0.25) is 4.79 Å². The minimum Gasteiger partial charge on any atom is -0.338 e. The van der Waals surface area contributed by atoms with Gasteiger partial charge in [0.05, 0.1) is 0 Å². The third-order valence-electron chi connectivity index (χ3n) is 2.74. The van der Waals surface area contributed by atoms with Crippen molar-refractivity contribution < 1.29 is 4.79 Å². The summed E-state index contributed by atoms with van der Waals surface area (Å²) in [7, 11) is 0. The highest BCUT2D eigenvalue weighted by Crippen LogP contribution is 2.28. The molecule has 1 saturated carbocycles. The van der Waals surface area contributed by atoms with Gasteiger partial charge in [-0.15, -0.1) is 0 Å². The van der Waals surface area contributed by atoms with Crippen LogP contribution in [-0.4, -0.2) is 28.7 Å². The number of hydrogen-bond donors (Lipinski definition) is 0. The molecule has 1 amide bonds. The van der Waals surface area contributed by atoms with Crippen LogP contribution in [0.1, 0.15) is 40.0 Å². The summed E-state index contributed by atoms with van der Waals surface area (Å²) in [6.07, 6.45) is 3.66. The van der Waals surface area contributed by atoms with Crippen LogP contribution in [-0.2, 0) is 4.79 Å². The van der Waals surface area contributed by atoms with Crippen molar-refractivity contribution >= 4 is 21.8 Å². The molecule has 0 radical (unpaired) electrons. The monoisotopic (exact) mass is 261 g/mol. The fourth-order valence-electron chi connectivity index (χ4n) is 1.67. The molecular weight excluding hydrogens is 242 g/mol. The van der Waals surface area contributed by atoms with Crippen molar-refractivity contribution in [3.8, 4) is 0 Å². The van der Waals surface area contributed by atoms with E-state index in [2.05, 4.69) is 20.8 Å². The molecule has 2 nitrogen and oxygen atoms in total. The highest BCUT2D eigenvalue weighted by Gasteiger charge is 2.33. The molecule has 1 aliphatic carbocycles. The molecule has 0 bridgehead atoms. The second-order valence-corrected chi connectivity index (χ2v) is 5.82. The zero-order valence-corrected chi connectivity index (χ0v) is 10.9. The Morgan fingerprint density at radius 1 is 1.43 bits per heavy atom. The molecule has 1 aliphatic rings. The predicted molar refractivity (Wildman–Crippen MR) is 62.6 cm³/mol. The molecule has 0 N–H and O–H groups in total. The van der Waals surface area contributed by atoms with Gasteiger partial charge in [-0.05, 0) is 19.3 Å². The summed E-state index contributed by atoms with van der Waals surface area (Å²) in [5.41, 5.74) is -0.238. The van der Waals surface area contributed by atoms with E-state index >= 15 is 0 Å². The predicted octanol–water partition coefficient (Wildman–Crippen LogP) is 2.81. The quantitative estimate of drug-likeness (QED) is 0.716. The van der Waals surface area contributed by atoms with Gasteiger partial charge in [0.15, 0.2) is 0 Å². The number of alkyl halides is 1. The Morgan fingerprint density at radius 3 is 2.29 bits per heavy atom. The molecule has 82 valence electrons. The minimum absolute atomic E-state index is 0.238. The Bertz CT molecular complexity index is 206. The van der Waals surface area contributed by atoms with Crippen molar-refractivity contribution in [2.75, 3.05) is 11.9 Å². The van der Waals surface area contributed by atoms with E-state index in [1.165, 1.54) is 19.3 Å². The number of hydrogen-bond acceptors (Lipinski definition) is 1. The van der Waals surface area contributed by atoms with Gasteiger partial charge in [-0.1, -0.05) is 36.7 Å². The Labute approximate surface area is 95.2 Å². The normalized spacial score (nSPS) is 17.7. The molecular formula is C11H20BrNO. The zero-order valence-electron chi connectivity index (χ0n) is 9.35. The number of halogens is 1. The molecule has 14 heavy (non-hydrogen) atoms. The zero-order chi connectivity index (χ0) is 10.8. The second kappa shape index (κ2) is 4.65. The lowest BCUT2D eigenvalue weighted by atomic mass is 9.87. The van der Waals surface area contributed by atoms with Crippen molar-refractivity contribution in [1.82, 2.24) is 4.90 Å². The lowest BCUT2D eigenvalue weighted by molar-refractivity contribution is -0.143. The maximum Gasteiger partial charge on any atom is 0.228 e. The Balaban J connectivity index is 2.61. The number of amides is 1. The first-order chi connectivity index (χ1) is 6.46. The average Bonchev–Trinajstić information content (AvgIpc) is 1.97. The van der Waals surface area contributed by atoms with Gasteiger partial charge >= 0.3 is 0 Å². The molecule has 0 aromatic heterocycles. The first kappa shape index (κ1) is 12.0. The topological polar surface area (TPSA) is 20.3 Å². The third-order valence-corrected chi connectivity index (χ3v) is 3.10. The van der Waals surface area contributed by atoms with E-state index in [4.69, 9.17) is 0 Å². The largest absolute Gasteiger partial charge is 0.338 e. The fourth-order valence-corrected chi connectivity index (χ4v) is 2.05. The lowest BCUT2D eigenvalue weighted by Crippen LogP contribution is -2.49. The Morgan fingerprint density at radius 2 is 2.00 bits per heavy atom.